The number of halogens is 2. The predicted octanol–water partition coefficient (Wildman–Crippen LogP) is 3.03. The number of piperidine rings is 1. The SMILES string of the molecule is COc1cccc2c1nc(N)n1nc(C3CN(c4cnn(C5CC5)c4)CC(F)(F)C3)nc21. The highest BCUT2D eigenvalue weighted by Gasteiger charge is 2.43. The molecular weight excluding hydrogens is 418 g/mol. The molecule has 0 amide bonds. The van der Waals surface area contributed by atoms with Crippen LogP contribution in [0.5, 0.6) is 5.75 Å². The molecule has 166 valence electrons. The molecule has 1 unspecified atom stereocenters. The van der Waals surface area contributed by atoms with Crippen LogP contribution in [-0.2, 0) is 0 Å². The predicted molar refractivity (Wildman–Crippen MR) is 114 cm³/mol. The van der Waals surface area contributed by atoms with Crippen LogP contribution in [0.3, 0.4) is 0 Å². The first-order valence-electron chi connectivity index (χ1n) is 10.6. The van der Waals surface area contributed by atoms with Gasteiger partial charge in [0, 0.05) is 30.5 Å². The zero-order valence-corrected chi connectivity index (χ0v) is 17.4. The Hall–Kier alpha value is -3.50. The summed E-state index contributed by atoms with van der Waals surface area (Å²) in [6.07, 6.45) is 5.36. The van der Waals surface area contributed by atoms with Gasteiger partial charge in [-0.2, -0.15) is 9.61 Å². The molecule has 0 spiro atoms. The normalized spacial score (nSPS) is 20.8. The Bertz CT molecular complexity index is 1330. The summed E-state index contributed by atoms with van der Waals surface area (Å²) in [6.45, 7) is 0.0223. The van der Waals surface area contributed by atoms with E-state index in [0.29, 0.717) is 46.4 Å². The van der Waals surface area contributed by atoms with Crippen LogP contribution in [0.15, 0.2) is 30.6 Å². The Labute approximate surface area is 181 Å². The smallest absolute Gasteiger partial charge is 0.266 e. The molecule has 1 aliphatic carbocycles. The lowest BCUT2D eigenvalue weighted by Crippen LogP contribution is -2.46. The van der Waals surface area contributed by atoms with Gasteiger partial charge in [-0.25, -0.2) is 18.7 Å². The number of anilines is 2. The van der Waals surface area contributed by atoms with E-state index in [-0.39, 0.29) is 18.9 Å². The highest BCUT2D eigenvalue weighted by atomic mass is 19.3. The van der Waals surface area contributed by atoms with Crippen LogP contribution in [0, 0.1) is 0 Å². The van der Waals surface area contributed by atoms with Crippen molar-refractivity contribution in [2.75, 3.05) is 30.8 Å². The number of fused-ring (bicyclic) bond motifs is 3. The molecule has 3 aromatic heterocycles. The summed E-state index contributed by atoms with van der Waals surface area (Å²) in [5.74, 6) is -2.43. The second-order valence-electron chi connectivity index (χ2n) is 8.58. The Morgan fingerprint density at radius 3 is 2.84 bits per heavy atom. The van der Waals surface area contributed by atoms with E-state index in [9.17, 15) is 8.78 Å². The van der Waals surface area contributed by atoms with E-state index in [1.807, 2.05) is 23.0 Å². The van der Waals surface area contributed by atoms with Crippen molar-refractivity contribution in [1.82, 2.24) is 29.4 Å². The average Bonchev–Trinajstić information content (AvgIpc) is 3.31. The molecule has 2 aliphatic rings. The van der Waals surface area contributed by atoms with E-state index in [1.165, 1.54) is 4.52 Å². The van der Waals surface area contributed by atoms with Gasteiger partial charge in [0.2, 0.25) is 5.95 Å². The fourth-order valence-electron chi connectivity index (χ4n) is 4.48. The van der Waals surface area contributed by atoms with Gasteiger partial charge in [0.1, 0.15) is 11.3 Å². The third-order valence-corrected chi connectivity index (χ3v) is 6.17. The minimum absolute atomic E-state index is 0.126. The Morgan fingerprint density at radius 2 is 2.06 bits per heavy atom. The average molecular weight is 440 g/mol. The second kappa shape index (κ2) is 6.75. The minimum Gasteiger partial charge on any atom is -0.494 e. The van der Waals surface area contributed by atoms with Crippen LogP contribution in [-0.4, -0.2) is 55.5 Å². The summed E-state index contributed by atoms with van der Waals surface area (Å²) in [5, 5.41) is 9.53. The summed E-state index contributed by atoms with van der Waals surface area (Å²) in [5.41, 5.74) is 7.85. The minimum atomic E-state index is -2.88. The number of methoxy groups -OCH3 is 1. The molecule has 1 saturated carbocycles. The van der Waals surface area contributed by atoms with E-state index in [2.05, 4.69) is 20.2 Å². The summed E-state index contributed by atoms with van der Waals surface area (Å²) in [4.78, 5) is 10.7. The van der Waals surface area contributed by atoms with Gasteiger partial charge >= 0.3 is 0 Å². The number of nitrogens with two attached hydrogens (primary N) is 1. The highest BCUT2D eigenvalue weighted by Crippen LogP contribution is 2.39. The van der Waals surface area contributed by atoms with E-state index in [0.717, 1.165) is 12.8 Å². The fraction of sp³-hybridized carbons (Fsp3) is 0.429. The third kappa shape index (κ3) is 3.10. The maximum Gasteiger partial charge on any atom is 0.266 e. The first-order chi connectivity index (χ1) is 15.4. The van der Waals surface area contributed by atoms with Gasteiger partial charge in [-0.3, -0.25) is 4.68 Å². The molecule has 6 rings (SSSR count). The molecule has 1 atom stereocenters. The maximum absolute atomic E-state index is 14.8. The van der Waals surface area contributed by atoms with Crippen LogP contribution in [0.1, 0.15) is 37.0 Å². The largest absolute Gasteiger partial charge is 0.494 e. The topological polar surface area (TPSA) is 99.4 Å². The number of aromatic nitrogens is 6. The second-order valence-corrected chi connectivity index (χ2v) is 8.58. The molecule has 1 aromatic carbocycles. The number of rotatable bonds is 4. The Morgan fingerprint density at radius 1 is 1.22 bits per heavy atom. The van der Waals surface area contributed by atoms with Crippen molar-refractivity contribution >= 4 is 28.2 Å². The number of nitrogen functional groups attached to an aromatic ring is 1. The summed E-state index contributed by atoms with van der Waals surface area (Å²) >= 11 is 0. The Balaban J connectivity index is 1.40. The number of hydrogen-bond acceptors (Lipinski definition) is 7. The summed E-state index contributed by atoms with van der Waals surface area (Å²) in [6, 6.07) is 5.84. The van der Waals surface area contributed by atoms with Gasteiger partial charge in [-0.05, 0) is 25.0 Å². The van der Waals surface area contributed by atoms with Gasteiger partial charge in [0.25, 0.3) is 5.92 Å². The molecule has 2 fully saturated rings. The number of para-hydroxylation sites is 1. The van der Waals surface area contributed by atoms with Crippen LogP contribution in [0.25, 0.3) is 16.6 Å². The molecule has 4 heterocycles. The van der Waals surface area contributed by atoms with Gasteiger partial charge in [0.15, 0.2) is 11.5 Å². The van der Waals surface area contributed by atoms with Gasteiger partial charge in [0.05, 0.1) is 31.6 Å². The summed E-state index contributed by atoms with van der Waals surface area (Å²) in [7, 11) is 1.55. The van der Waals surface area contributed by atoms with Crippen LogP contribution < -0.4 is 15.4 Å². The standard InChI is InChI=1S/C21H22F2N8O/c1-32-16-4-2-3-15-17(16)26-20(24)31-19(15)27-18(28-31)12-7-21(22,23)11-29(9-12)14-8-25-30(10-14)13-5-6-13/h2-4,8,10,12-13H,5-7,9,11H2,1H3,(H2,24,26). The molecular formula is C21H22F2N8O. The summed E-state index contributed by atoms with van der Waals surface area (Å²) < 4.78 is 38.2. The number of nitrogens with zero attached hydrogens (tertiary/aromatic N) is 7. The monoisotopic (exact) mass is 440 g/mol. The number of hydrogen-bond donors (Lipinski definition) is 1. The Kier molecular flexibility index (Phi) is 4.05. The van der Waals surface area contributed by atoms with E-state index >= 15 is 0 Å². The molecule has 0 bridgehead atoms. The fourth-order valence-corrected chi connectivity index (χ4v) is 4.48. The van der Waals surface area contributed by atoms with E-state index < -0.39 is 11.8 Å². The van der Waals surface area contributed by atoms with Crippen LogP contribution in [0.4, 0.5) is 20.4 Å². The van der Waals surface area contributed by atoms with Crippen molar-refractivity contribution in [1.29, 1.82) is 0 Å². The number of ether oxygens (including phenoxy) is 1. The molecule has 1 saturated heterocycles. The van der Waals surface area contributed by atoms with E-state index in [1.54, 1.807) is 24.3 Å². The van der Waals surface area contributed by atoms with Gasteiger partial charge in [-0.15, -0.1) is 5.10 Å². The molecule has 9 nitrogen and oxygen atoms in total. The molecule has 4 aromatic rings. The van der Waals surface area contributed by atoms with Crippen molar-refractivity contribution in [2.45, 2.75) is 37.1 Å². The lowest BCUT2D eigenvalue weighted by Gasteiger charge is -2.37. The lowest BCUT2D eigenvalue weighted by atomic mass is 9.94. The molecule has 1 aliphatic heterocycles. The zero-order valence-electron chi connectivity index (χ0n) is 17.4. The van der Waals surface area contributed by atoms with Gasteiger partial charge in [-0.1, -0.05) is 6.07 Å². The zero-order chi connectivity index (χ0) is 22.0. The first kappa shape index (κ1) is 19.2. The quantitative estimate of drug-likeness (QED) is 0.521. The third-order valence-electron chi connectivity index (χ3n) is 6.17. The molecule has 11 heteroatoms. The highest BCUT2D eigenvalue weighted by molar-refractivity contribution is 5.95. The van der Waals surface area contributed by atoms with Crippen LogP contribution in [0.2, 0.25) is 0 Å². The number of benzene rings is 1. The van der Waals surface area contributed by atoms with Crippen molar-refractivity contribution < 1.29 is 13.5 Å². The van der Waals surface area contributed by atoms with Crippen molar-refractivity contribution in [3.63, 3.8) is 0 Å². The van der Waals surface area contributed by atoms with Crippen molar-refractivity contribution in [3.05, 3.63) is 36.4 Å². The van der Waals surface area contributed by atoms with E-state index in [4.69, 9.17) is 10.5 Å². The van der Waals surface area contributed by atoms with Crippen molar-refractivity contribution in [3.8, 4) is 5.75 Å². The molecule has 32 heavy (non-hydrogen) atoms. The van der Waals surface area contributed by atoms with Gasteiger partial charge < -0.3 is 15.4 Å². The molecule has 2 N–H and O–H groups in total. The first-order valence-corrected chi connectivity index (χ1v) is 10.6. The van der Waals surface area contributed by atoms with Crippen molar-refractivity contribution in [2.24, 2.45) is 0 Å². The number of alkyl halides is 2. The lowest BCUT2D eigenvalue weighted by molar-refractivity contribution is -0.0191. The van der Waals surface area contributed by atoms with Crippen LogP contribution >= 0.6 is 0 Å². The maximum atomic E-state index is 14.8. The molecule has 0 radical (unpaired) electrons.